The highest BCUT2D eigenvalue weighted by Gasteiger charge is 1.98. The highest BCUT2D eigenvalue weighted by Crippen LogP contribution is 2.13. The molecule has 2 heterocycles. The third-order valence-corrected chi connectivity index (χ3v) is 2.82. The second-order valence-corrected chi connectivity index (χ2v) is 3.99. The van der Waals surface area contributed by atoms with Crippen molar-refractivity contribution in [2.45, 2.75) is 13.5 Å². The summed E-state index contributed by atoms with van der Waals surface area (Å²) in [5.41, 5.74) is 1.98. The van der Waals surface area contributed by atoms with Gasteiger partial charge in [-0.1, -0.05) is 6.07 Å². The predicted octanol–water partition coefficient (Wildman–Crippen LogP) is 2.46. The van der Waals surface area contributed by atoms with Crippen molar-refractivity contribution < 1.29 is 0 Å². The number of rotatable bonds is 3. The fourth-order valence-corrected chi connectivity index (χ4v) is 1.80. The van der Waals surface area contributed by atoms with Gasteiger partial charge in [0.1, 0.15) is 6.33 Å². The summed E-state index contributed by atoms with van der Waals surface area (Å²) in [6.07, 6.45) is 3.36. The highest BCUT2D eigenvalue weighted by atomic mass is 32.1. The summed E-state index contributed by atoms with van der Waals surface area (Å²) in [6.45, 7) is 2.81. The van der Waals surface area contributed by atoms with Crippen LogP contribution in [0.1, 0.15) is 10.6 Å². The quantitative estimate of drug-likeness (QED) is 0.836. The molecule has 0 aromatic carbocycles. The highest BCUT2D eigenvalue weighted by molar-refractivity contribution is 7.09. The van der Waals surface area contributed by atoms with Gasteiger partial charge in [-0.2, -0.15) is 0 Å². The molecule has 0 unspecified atom stereocenters. The molecule has 4 heteroatoms. The third kappa shape index (κ3) is 2.09. The summed E-state index contributed by atoms with van der Waals surface area (Å²) in [5, 5.41) is 5.38. The zero-order valence-electron chi connectivity index (χ0n) is 7.90. The maximum atomic E-state index is 4.11. The molecule has 3 nitrogen and oxygen atoms in total. The minimum Gasteiger partial charge on any atom is -0.377 e. The second-order valence-electron chi connectivity index (χ2n) is 2.95. The largest absolute Gasteiger partial charge is 0.377 e. The molecule has 2 rings (SSSR count). The molecular formula is C10H11N3S. The third-order valence-electron chi connectivity index (χ3n) is 1.94. The van der Waals surface area contributed by atoms with E-state index in [0.29, 0.717) is 0 Å². The molecule has 2 aromatic rings. The van der Waals surface area contributed by atoms with Crippen LogP contribution < -0.4 is 5.32 Å². The van der Waals surface area contributed by atoms with Gasteiger partial charge in [-0.05, 0) is 18.4 Å². The van der Waals surface area contributed by atoms with E-state index < -0.39 is 0 Å². The van der Waals surface area contributed by atoms with Gasteiger partial charge in [-0.3, -0.25) is 0 Å². The predicted molar refractivity (Wildman–Crippen MR) is 58.4 cm³/mol. The second kappa shape index (κ2) is 4.19. The average Bonchev–Trinajstić information content (AvgIpc) is 2.69. The number of anilines is 1. The van der Waals surface area contributed by atoms with Crippen molar-refractivity contribution in [1.29, 1.82) is 0 Å². The van der Waals surface area contributed by atoms with Crippen molar-refractivity contribution >= 4 is 17.0 Å². The Morgan fingerprint density at radius 3 is 3.14 bits per heavy atom. The van der Waals surface area contributed by atoms with Crippen molar-refractivity contribution in [2.24, 2.45) is 0 Å². The Bertz CT molecular complexity index is 398. The number of nitrogens with zero attached hydrogens (tertiary/aromatic N) is 2. The van der Waals surface area contributed by atoms with E-state index in [2.05, 4.69) is 32.8 Å². The summed E-state index contributed by atoms with van der Waals surface area (Å²) in [5.74, 6) is 0. The number of aryl methyl sites for hydroxylation is 1. The standard InChI is InChI=1S/C10H11N3S/c1-8-10(6-11-7-13-8)12-5-9-3-2-4-14-9/h2-4,6-7,12H,5H2,1H3. The number of thiophene rings is 1. The molecule has 0 fully saturated rings. The number of hydrogen-bond donors (Lipinski definition) is 1. The minimum atomic E-state index is 0.839. The van der Waals surface area contributed by atoms with Gasteiger partial charge in [0.25, 0.3) is 0 Å². The summed E-state index contributed by atoms with van der Waals surface area (Å²) in [4.78, 5) is 9.40. The molecular weight excluding hydrogens is 194 g/mol. The number of hydrogen-bond acceptors (Lipinski definition) is 4. The summed E-state index contributed by atoms with van der Waals surface area (Å²) >= 11 is 1.74. The Balaban J connectivity index is 2.02. The molecule has 72 valence electrons. The molecule has 0 atom stereocenters. The molecule has 1 N–H and O–H groups in total. The van der Waals surface area contributed by atoms with E-state index in [1.165, 1.54) is 4.88 Å². The maximum Gasteiger partial charge on any atom is 0.115 e. The molecule has 2 aromatic heterocycles. The smallest absolute Gasteiger partial charge is 0.115 e. The molecule has 0 saturated heterocycles. The maximum absolute atomic E-state index is 4.11. The van der Waals surface area contributed by atoms with Gasteiger partial charge in [-0.15, -0.1) is 11.3 Å². The number of aromatic nitrogens is 2. The summed E-state index contributed by atoms with van der Waals surface area (Å²) < 4.78 is 0. The Kier molecular flexibility index (Phi) is 2.74. The first kappa shape index (κ1) is 9.15. The van der Waals surface area contributed by atoms with E-state index >= 15 is 0 Å². The van der Waals surface area contributed by atoms with E-state index in [-0.39, 0.29) is 0 Å². The van der Waals surface area contributed by atoms with Gasteiger partial charge in [0, 0.05) is 11.4 Å². The zero-order valence-corrected chi connectivity index (χ0v) is 8.71. The van der Waals surface area contributed by atoms with Crippen molar-refractivity contribution in [3.05, 3.63) is 40.6 Å². The van der Waals surface area contributed by atoms with Crippen LogP contribution in [0.2, 0.25) is 0 Å². The van der Waals surface area contributed by atoms with Crippen LogP contribution in [0.4, 0.5) is 5.69 Å². The Morgan fingerprint density at radius 2 is 2.43 bits per heavy atom. The van der Waals surface area contributed by atoms with Crippen molar-refractivity contribution in [1.82, 2.24) is 9.97 Å². The molecule has 0 aliphatic carbocycles. The first-order valence-corrected chi connectivity index (χ1v) is 5.27. The number of nitrogens with one attached hydrogen (secondary N) is 1. The molecule has 0 aliphatic heterocycles. The van der Waals surface area contributed by atoms with Crippen molar-refractivity contribution in [3.8, 4) is 0 Å². The molecule has 0 bridgehead atoms. The average molecular weight is 205 g/mol. The van der Waals surface area contributed by atoms with Crippen LogP contribution in [0.15, 0.2) is 30.0 Å². The molecule has 0 amide bonds. The first-order chi connectivity index (χ1) is 6.86. The zero-order chi connectivity index (χ0) is 9.80. The Morgan fingerprint density at radius 1 is 1.50 bits per heavy atom. The van der Waals surface area contributed by atoms with Crippen LogP contribution in [0.5, 0.6) is 0 Å². The summed E-state index contributed by atoms with van der Waals surface area (Å²) in [6, 6.07) is 4.16. The topological polar surface area (TPSA) is 37.8 Å². The van der Waals surface area contributed by atoms with Gasteiger partial charge in [0.15, 0.2) is 0 Å². The minimum absolute atomic E-state index is 0.839. The van der Waals surface area contributed by atoms with E-state index in [1.54, 1.807) is 23.9 Å². The Hall–Kier alpha value is -1.42. The van der Waals surface area contributed by atoms with E-state index in [4.69, 9.17) is 0 Å². The lowest BCUT2D eigenvalue weighted by Gasteiger charge is -2.05. The van der Waals surface area contributed by atoms with Crippen LogP contribution in [0.25, 0.3) is 0 Å². The molecule has 0 spiro atoms. The van der Waals surface area contributed by atoms with Crippen LogP contribution in [-0.4, -0.2) is 9.97 Å². The van der Waals surface area contributed by atoms with Gasteiger partial charge >= 0.3 is 0 Å². The van der Waals surface area contributed by atoms with Gasteiger partial charge in [0.05, 0.1) is 17.6 Å². The van der Waals surface area contributed by atoms with Gasteiger partial charge in [-0.25, -0.2) is 9.97 Å². The lowest BCUT2D eigenvalue weighted by molar-refractivity contribution is 1.07. The lowest BCUT2D eigenvalue weighted by Crippen LogP contribution is -2.00. The SMILES string of the molecule is Cc1ncncc1NCc1cccs1. The van der Waals surface area contributed by atoms with Crippen LogP contribution in [-0.2, 0) is 6.54 Å². The molecule has 0 radical (unpaired) electrons. The normalized spacial score (nSPS) is 10.1. The van der Waals surface area contributed by atoms with E-state index in [9.17, 15) is 0 Å². The fraction of sp³-hybridized carbons (Fsp3) is 0.200. The van der Waals surface area contributed by atoms with E-state index in [1.807, 2.05) is 6.92 Å². The Labute approximate surface area is 86.8 Å². The molecule has 0 aliphatic rings. The van der Waals surface area contributed by atoms with E-state index in [0.717, 1.165) is 17.9 Å². The van der Waals surface area contributed by atoms with Gasteiger partial charge < -0.3 is 5.32 Å². The van der Waals surface area contributed by atoms with Crippen LogP contribution in [0.3, 0.4) is 0 Å². The molecule has 14 heavy (non-hydrogen) atoms. The fourth-order valence-electron chi connectivity index (χ4n) is 1.16. The van der Waals surface area contributed by atoms with Crippen molar-refractivity contribution in [2.75, 3.05) is 5.32 Å². The monoisotopic (exact) mass is 205 g/mol. The molecule has 0 saturated carbocycles. The van der Waals surface area contributed by atoms with Gasteiger partial charge in [0.2, 0.25) is 0 Å². The van der Waals surface area contributed by atoms with Crippen LogP contribution >= 0.6 is 11.3 Å². The van der Waals surface area contributed by atoms with Crippen LogP contribution in [0, 0.1) is 6.92 Å². The van der Waals surface area contributed by atoms with Crippen molar-refractivity contribution in [3.63, 3.8) is 0 Å². The lowest BCUT2D eigenvalue weighted by atomic mass is 10.3. The summed E-state index contributed by atoms with van der Waals surface area (Å²) in [7, 11) is 0. The first-order valence-electron chi connectivity index (χ1n) is 4.39.